The molecule has 0 saturated heterocycles. The number of amides is 1. The minimum atomic E-state index is -1.19. The van der Waals surface area contributed by atoms with Gasteiger partial charge in [0.1, 0.15) is 6.04 Å². The zero-order valence-electron chi connectivity index (χ0n) is 11.2. The molecule has 7 nitrogen and oxygen atoms in total. The summed E-state index contributed by atoms with van der Waals surface area (Å²) in [5.41, 5.74) is 5.41. The second-order valence-corrected chi connectivity index (χ2v) is 5.78. The molecule has 110 valence electrons. The average Bonchev–Trinajstić information content (AvgIpc) is 2.31. The van der Waals surface area contributed by atoms with Gasteiger partial charge in [0.15, 0.2) is 0 Å². The van der Waals surface area contributed by atoms with E-state index in [1.165, 1.54) is 18.9 Å². The molecule has 2 atom stereocenters. The highest BCUT2D eigenvalue weighted by molar-refractivity contribution is 7.99. The molecule has 0 aromatic heterocycles. The van der Waals surface area contributed by atoms with Crippen molar-refractivity contribution in [3.63, 3.8) is 0 Å². The Hall–Kier alpha value is -1.28. The lowest BCUT2D eigenvalue weighted by atomic mass is 10.2. The molecule has 0 aliphatic rings. The molecule has 0 rings (SSSR count). The Balaban J connectivity index is 4.49. The van der Waals surface area contributed by atoms with Gasteiger partial charge in [-0.05, 0) is 5.25 Å². The average molecular weight is 292 g/mol. The Morgan fingerprint density at radius 3 is 2.37 bits per heavy atom. The predicted molar refractivity (Wildman–Crippen MR) is 71.8 cm³/mol. The fourth-order valence-corrected chi connectivity index (χ4v) is 1.96. The van der Waals surface area contributed by atoms with Gasteiger partial charge in [0.05, 0.1) is 19.6 Å². The Morgan fingerprint density at radius 2 is 1.95 bits per heavy atom. The first-order valence-electron chi connectivity index (χ1n) is 5.75. The Kier molecular flexibility index (Phi) is 8.17. The largest absolute Gasteiger partial charge is 0.481 e. The van der Waals surface area contributed by atoms with Crippen LogP contribution in [0.4, 0.5) is 0 Å². The van der Waals surface area contributed by atoms with E-state index in [0.29, 0.717) is 5.75 Å². The second kappa shape index (κ2) is 8.76. The van der Waals surface area contributed by atoms with Crippen molar-refractivity contribution in [2.75, 3.05) is 12.9 Å². The number of esters is 1. The SMILES string of the molecule is COC(=O)[C@@H](CSC(C)C)NC(=O)[C@H](N)CC(=O)O. The lowest BCUT2D eigenvalue weighted by Gasteiger charge is -2.19. The monoisotopic (exact) mass is 292 g/mol. The van der Waals surface area contributed by atoms with E-state index >= 15 is 0 Å². The molecular weight excluding hydrogens is 272 g/mol. The van der Waals surface area contributed by atoms with Crippen LogP contribution in [0.3, 0.4) is 0 Å². The first kappa shape index (κ1) is 17.7. The highest BCUT2D eigenvalue weighted by Gasteiger charge is 2.25. The van der Waals surface area contributed by atoms with Crippen molar-refractivity contribution < 1.29 is 24.2 Å². The van der Waals surface area contributed by atoms with Crippen molar-refractivity contribution in [1.82, 2.24) is 5.32 Å². The van der Waals surface area contributed by atoms with E-state index in [4.69, 9.17) is 10.8 Å². The number of ether oxygens (including phenoxy) is 1. The van der Waals surface area contributed by atoms with E-state index in [-0.39, 0.29) is 5.25 Å². The van der Waals surface area contributed by atoms with Gasteiger partial charge in [-0.25, -0.2) is 4.79 Å². The van der Waals surface area contributed by atoms with Gasteiger partial charge in [0, 0.05) is 5.75 Å². The van der Waals surface area contributed by atoms with Crippen LogP contribution in [0.15, 0.2) is 0 Å². The van der Waals surface area contributed by atoms with Crippen LogP contribution in [0.5, 0.6) is 0 Å². The van der Waals surface area contributed by atoms with Crippen LogP contribution < -0.4 is 11.1 Å². The maximum atomic E-state index is 11.6. The normalized spacial score (nSPS) is 13.7. The van der Waals surface area contributed by atoms with Gasteiger partial charge in [-0.3, -0.25) is 9.59 Å². The number of carboxylic acid groups (broad SMARTS) is 1. The third-order valence-corrected chi connectivity index (χ3v) is 3.32. The van der Waals surface area contributed by atoms with Crippen LogP contribution in [0.2, 0.25) is 0 Å². The molecule has 0 heterocycles. The molecule has 0 aromatic rings. The zero-order chi connectivity index (χ0) is 15.0. The number of carbonyl (C=O) groups excluding carboxylic acids is 2. The molecule has 0 bridgehead atoms. The summed E-state index contributed by atoms with van der Waals surface area (Å²) in [6.45, 7) is 3.91. The van der Waals surface area contributed by atoms with E-state index in [1.54, 1.807) is 0 Å². The summed E-state index contributed by atoms with van der Waals surface area (Å²) in [4.78, 5) is 33.6. The standard InChI is InChI=1S/C11H20N2O5S/c1-6(2)19-5-8(11(17)18-3)13-10(16)7(12)4-9(14)15/h6-8H,4-5,12H2,1-3H3,(H,13,16)(H,14,15)/t7-,8-/m1/s1. The molecule has 19 heavy (non-hydrogen) atoms. The smallest absolute Gasteiger partial charge is 0.329 e. The van der Waals surface area contributed by atoms with Crippen molar-refractivity contribution in [1.29, 1.82) is 0 Å². The first-order chi connectivity index (χ1) is 8.77. The maximum absolute atomic E-state index is 11.6. The number of nitrogens with one attached hydrogen (secondary N) is 1. The molecule has 0 fully saturated rings. The molecule has 8 heteroatoms. The number of hydrogen-bond donors (Lipinski definition) is 3. The maximum Gasteiger partial charge on any atom is 0.329 e. The van der Waals surface area contributed by atoms with Crippen molar-refractivity contribution in [2.45, 2.75) is 37.6 Å². The quantitative estimate of drug-likeness (QED) is 0.520. The Labute approximate surface area is 116 Å². The number of methoxy groups -OCH3 is 1. The number of aliphatic carboxylic acids is 1. The van der Waals surface area contributed by atoms with Gasteiger partial charge < -0.3 is 20.9 Å². The molecule has 0 spiro atoms. The Morgan fingerprint density at radius 1 is 1.37 bits per heavy atom. The molecule has 0 saturated carbocycles. The summed E-state index contributed by atoms with van der Waals surface area (Å²) in [7, 11) is 1.22. The minimum absolute atomic E-state index is 0.289. The molecule has 0 unspecified atom stereocenters. The van der Waals surface area contributed by atoms with E-state index in [0.717, 1.165) is 0 Å². The predicted octanol–water partition coefficient (Wildman–Crippen LogP) is -0.412. The van der Waals surface area contributed by atoms with E-state index in [2.05, 4.69) is 10.1 Å². The summed E-state index contributed by atoms with van der Waals surface area (Å²) in [5.74, 6) is -2.09. The number of nitrogens with two attached hydrogens (primary N) is 1. The second-order valence-electron chi connectivity index (χ2n) is 4.17. The van der Waals surface area contributed by atoms with Gasteiger partial charge in [-0.15, -0.1) is 0 Å². The summed E-state index contributed by atoms with van der Waals surface area (Å²) in [6, 6.07) is -2.02. The summed E-state index contributed by atoms with van der Waals surface area (Å²) < 4.78 is 4.58. The third-order valence-electron chi connectivity index (χ3n) is 2.13. The number of carboxylic acids is 1. The number of carbonyl (C=O) groups is 3. The van der Waals surface area contributed by atoms with Crippen LogP contribution in [-0.2, 0) is 19.1 Å². The highest BCUT2D eigenvalue weighted by atomic mass is 32.2. The van der Waals surface area contributed by atoms with Gasteiger partial charge in [0.2, 0.25) is 5.91 Å². The van der Waals surface area contributed by atoms with E-state index in [9.17, 15) is 14.4 Å². The van der Waals surface area contributed by atoms with Crippen LogP contribution in [0, 0.1) is 0 Å². The van der Waals surface area contributed by atoms with Gasteiger partial charge >= 0.3 is 11.9 Å². The number of hydrogen-bond acceptors (Lipinski definition) is 6. The van der Waals surface area contributed by atoms with Gasteiger partial charge in [-0.2, -0.15) is 11.8 Å². The molecular formula is C11H20N2O5S. The van der Waals surface area contributed by atoms with Crippen molar-refractivity contribution >= 4 is 29.6 Å². The summed E-state index contributed by atoms with van der Waals surface area (Å²) in [6.07, 6.45) is -0.489. The fourth-order valence-electron chi connectivity index (χ4n) is 1.16. The van der Waals surface area contributed by atoms with Gasteiger partial charge in [0.25, 0.3) is 0 Å². The first-order valence-corrected chi connectivity index (χ1v) is 6.80. The van der Waals surface area contributed by atoms with Crippen molar-refractivity contribution in [3.8, 4) is 0 Å². The summed E-state index contributed by atoms with van der Waals surface area (Å²) in [5, 5.41) is 11.2. The Bertz CT molecular complexity index is 335. The third kappa shape index (κ3) is 7.68. The fraction of sp³-hybridized carbons (Fsp3) is 0.727. The molecule has 0 aliphatic heterocycles. The zero-order valence-corrected chi connectivity index (χ0v) is 12.0. The molecule has 4 N–H and O–H groups in total. The van der Waals surface area contributed by atoms with Crippen LogP contribution >= 0.6 is 11.8 Å². The minimum Gasteiger partial charge on any atom is -0.481 e. The molecule has 0 aromatic carbocycles. The van der Waals surface area contributed by atoms with Crippen LogP contribution in [-0.4, -0.2) is 53.1 Å². The van der Waals surface area contributed by atoms with Crippen LogP contribution in [0.1, 0.15) is 20.3 Å². The van der Waals surface area contributed by atoms with E-state index < -0.39 is 36.4 Å². The topological polar surface area (TPSA) is 119 Å². The van der Waals surface area contributed by atoms with Crippen molar-refractivity contribution in [2.24, 2.45) is 5.73 Å². The number of rotatable bonds is 8. The lowest BCUT2D eigenvalue weighted by Crippen LogP contribution is -2.50. The van der Waals surface area contributed by atoms with E-state index in [1.807, 2.05) is 13.8 Å². The highest BCUT2D eigenvalue weighted by Crippen LogP contribution is 2.11. The summed E-state index contributed by atoms with van der Waals surface area (Å²) >= 11 is 1.48. The van der Waals surface area contributed by atoms with Crippen molar-refractivity contribution in [3.05, 3.63) is 0 Å². The lowest BCUT2D eigenvalue weighted by molar-refractivity contribution is -0.144. The number of thioether (sulfide) groups is 1. The molecule has 0 aliphatic carbocycles. The molecule has 0 radical (unpaired) electrons. The molecule has 1 amide bonds. The van der Waals surface area contributed by atoms with Gasteiger partial charge in [-0.1, -0.05) is 13.8 Å². The van der Waals surface area contributed by atoms with Crippen LogP contribution in [0.25, 0.3) is 0 Å².